The molecule has 16 heavy (non-hydrogen) atoms. The molecule has 2 rings (SSSR count). The van der Waals surface area contributed by atoms with Gasteiger partial charge < -0.3 is 9.30 Å². The molecule has 1 saturated heterocycles. The molecule has 1 aliphatic rings. The molecule has 1 aromatic heterocycles. The van der Waals surface area contributed by atoms with Gasteiger partial charge in [0.1, 0.15) is 11.6 Å². The summed E-state index contributed by atoms with van der Waals surface area (Å²) < 4.78 is 7.66. The first-order valence-electron chi connectivity index (χ1n) is 5.92. The maximum absolute atomic E-state index is 5.39. The van der Waals surface area contributed by atoms with E-state index in [0.717, 1.165) is 56.0 Å². The standard InChI is InChI=1S/C11H18BrN3O/c1-2-5-15-10(8-12)13-14-11(15)9-3-6-16-7-4-9/h9H,2-8H2,1H3. The monoisotopic (exact) mass is 287 g/mol. The Hall–Kier alpha value is -0.420. The second-order valence-electron chi connectivity index (χ2n) is 4.15. The summed E-state index contributed by atoms with van der Waals surface area (Å²) in [5.41, 5.74) is 0. The molecular weight excluding hydrogens is 270 g/mol. The summed E-state index contributed by atoms with van der Waals surface area (Å²) in [7, 11) is 0. The lowest BCUT2D eigenvalue weighted by molar-refractivity contribution is 0.0827. The molecule has 0 bridgehead atoms. The summed E-state index contributed by atoms with van der Waals surface area (Å²) >= 11 is 3.47. The Morgan fingerprint density at radius 1 is 1.38 bits per heavy atom. The van der Waals surface area contributed by atoms with Gasteiger partial charge in [0.05, 0.1) is 5.33 Å². The molecule has 0 aliphatic carbocycles. The Morgan fingerprint density at radius 2 is 2.12 bits per heavy atom. The summed E-state index contributed by atoms with van der Waals surface area (Å²) in [6, 6.07) is 0. The highest BCUT2D eigenvalue weighted by molar-refractivity contribution is 9.08. The van der Waals surface area contributed by atoms with Crippen molar-refractivity contribution in [2.45, 2.75) is 44.0 Å². The minimum Gasteiger partial charge on any atom is -0.381 e. The fraction of sp³-hybridized carbons (Fsp3) is 0.818. The molecule has 1 aromatic rings. The zero-order chi connectivity index (χ0) is 11.4. The van der Waals surface area contributed by atoms with Crippen LogP contribution in [0.2, 0.25) is 0 Å². The van der Waals surface area contributed by atoms with E-state index >= 15 is 0 Å². The van der Waals surface area contributed by atoms with Gasteiger partial charge in [0, 0.05) is 25.7 Å². The first-order valence-corrected chi connectivity index (χ1v) is 7.04. The topological polar surface area (TPSA) is 39.9 Å². The van der Waals surface area contributed by atoms with E-state index in [-0.39, 0.29) is 0 Å². The molecule has 0 spiro atoms. The molecular formula is C11H18BrN3O. The van der Waals surface area contributed by atoms with Gasteiger partial charge in [0.15, 0.2) is 0 Å². The molecule has 4 nitrogen and oxygen atoms in total. The molecule has 0 atom stereocenters. The van der Waals surface area contributed by atoms with Crippen LogP contribution in [0.1, 0.15) is 43.8 Å². The molecule has 0 aromatic carbocycles. The van der Waals surface area contributed by atoms with Gasteiger partial charge in [0.2, 0.25) is 0 Å². The molecule has 0 unspecified atom stereocenters. The van der Waals surface area contributed by atoms with Gasteiger partial charge in [-0.05, 0) is 19.3 Å². The van der Waals surface area contributed by atoms with Gasteiger partial charge in [-0.15, -0.1) is 10.2 Å². The van der Waals surface area contributed by atoms with Crippen LogP contribution < -0.4 is 0 Å². The van der Waals surface area contributed by atoms with E-state index in [2.05, 4.69) is 37.6 Å². The minimum atomic E-state index is 0.528. The van der Waals surface area contributed by atoms with Gasteiger partial charge in [-0.25, -0.2) is 0 Å². The normalized spacial score (nSPS) is 17.9. The Morgan fingerprint density at radius 3 is 2.75 bits per heavy atom. The quantitative estimate of drug-likeness (QED) is 0.799. The second kappa shape index (κ2) is 5.77. The third kappa shape index (κ3) is 2.46. The van der Waals surface area contributed by atoms with Crippen molar-refractivity contribution in [1.29, 1.82) is 0 Å². The maximum Gasteiger partial charge on any atom is 0.143 e. The lowest BCUT2D eigenvalue weighted by Crippen LogP contribution is -2.18. The van der Waals surface area contributed by atoms with Gasteiger partial charge in [0.25, 0.3) is 0 Å². The van der Waals surface area contributed by atoms with Crippen LogP contribution in [0.25, 0.3) is 0 Å². The van der Waals surface area contributed by atoms with Crippen molar-refractivity contribution >= 4 is 15.9 Å². The van der Waals surface area contributed by atoms with Gasteiger partial charge >= 0.3 is 0 Å². The fourth-order valence-electron chi connectivity index (χ4n) is 2.17. The highest BCUT2D eigenvalue weighted by atomic mass is 79.9. The van der Waals surface area contributed by atoms with Crippen LogP contribution in [0.5, 0.6) is 0 Å². The minimum absolute atomic E-state index is 0.528. The lowest BCUT2D eigenvalue weighted by Gasteiger charge is -2.22. The SMILES string of the molecule is CCCn1c(CBr)nnc1C1CCOCC1. The van der Waals surface area contributed by atoms with E-state index in [4.69, 9.17) is 4.74 Å². The van der Waals surface area contributed by atoms with E-state index in [1.807, 2.05) is 0 Å². The highest BCUT2D eigenvalue weighted by Crippen LogP contribution is 2.26. The van der Waals surface area contributed by atoms with E-state index in [1.54, 1.807) is 0 Å². The van der Waals surface area contributed by atoms with Crippen LogP contribution in [0.3, 0.4) is 0 Å². The number of ether oxygens (including phenoxy) is 1. The summed E-state index contributed by atoms with van der Waals surface area (Å²) in [6.07, 6.45) is 3.27. The van der Waals surface area contributed by atoms with Crippen LogP contribution in [-0.2, 0) is 16.6 Å². The van der Waals surface area contributed by atoms with Gasteiger partial charge in [-0.1, -0.05) is 22.9 Å². The fourth-order valence-corrected chi connectivity index (χ4v) is 2.59. The highest BCUT2D eigenvalue weighted by Gasteiger charge is 2.22. The van der Waals surface area contributed by atoms with E-state index in [0.29, 0.717) is 5.92 Å². The third-order valence-electron chi connectivity index (χ3n) is 3.01. The Bertz CT molecular complexity index is 334. The third-order valence-corrected chi connectivity index (χ3v) is 3.51. The number of hydrogen-bond donors (Lipinski definition) is 0. The van der Waals surface area contributed by atoms with E-state index in [9.17, 15) is 0 Å². The van der Waals surface area contributed by atoms with E-state index in [1.165, 1.54) is 0 Å². The summed E-state index contributed by atoms with van der Waals surface area (Å²) in [5.74, 6) is 2.73. The second-order valence-corrected chi connectivity index (χ2v) is 4.71. The van der Waals surface area contributed by atoms with Crippen molar-refractivity contribution in [2.75, 3.05) is 13.2 Å². The summed E-state index contributed by atoms with van der Waals surface area (Å²) in [6.45, 7) is 4.91. The van der Waals surface area contributed by atoms with Crippen LogP contribution >= 0.6 is 15.9 Å². The van der Waals surface area contributed by atoms with Crippen LogP contribution in [0.15, 0.2) is 0 Å². The smallest absolute Gasteiger partial charge is 0.143 e. The van der Waals surface area contributed by atoms with Crippen molar-refractivity contribution in [1.82, 2.24) is 14.8 Å². The lowest BCUT2D eigenvalue weighted by atomic mass is 9.99. The zero-order valence-electron chi connectivity index (χ0n) is 9.65. The molecule has 0 amide bonds. The molecule has 1 aliphatic heterocycles. The summed E-state index contributed by atoms with van der Waals surface area (Å²) in [4.78, 5) is 0. The number of hydrogen-bond acceptors (Lipinski definition) is 3. The predicted molar refractivity (Wildman–Crippen MR) is 65.7 cm³/mol. The van der Waals surface area contributed by atoms with Crippen LogP contribution in [-0.4, -0.2) is 28.0 Å². The van der Waals surface area contributed by atoms with Gasteiger partial charge in [-0.3, -0.25) is 0 Å². The van der Waals surface area contributed by atoms with Crippen molar-refractivity contribution in [3.63, 3.8) is 0 Å². The molecule has 2 heterocycles. The molecule has 0 N–H and O–H groups in total. The first kappa shape index (κ1) is 12.0. The van der Waals surface area contributed by atoms with E-state index < -0.39 is 0 Å². The maximum atomic E-state index is 5.39. The molecule has 0 saturated carbocycles. The Balaban J connectivity index is 2.20. The number of halogens is 1. The molecule has 0 radical (unpaired) electrons. The van der Waals surface area contributed by atoms with Gasteiger partial charge in [-0.2, -0.15) is 0 Å². The van der Waals surface area contributed by atoms with Crippen LogP contribution in [0, 0.1) is 0 Å². The largest absolute Gasteiger partial charge is 0.381 e. The number of alkyl halides is 1. The predicted octanol–water partition coefficient (Wildman–Crippen LogP) is 2.48. The van der Waals surface area contributed by atoms with Crippen LogP contribution in [0.4, 0.5) is 0 Å². The van der Waals surface area contributed by atoms with Crippen molar-refractivity contribution in [2.24, 2.45) is 0 Å². The Kier molecular flexibility index (Phi) is 4.35. The number of rotatable bonds is 4. The molecule has 5 heteroatoms. The number of aromatic nitrogens is 3. The molecule has 90 valence electrons. The Labute approximate surface area is 105 Å². The first-order chi connectivity index (χ1) is 7.86. The number of nitrogens with zero attached hydrogens (tertiary/aromatic N) is 3. The van der Waals surface area contributed by atoms with Crippen molar-refractivity contribution in [3.8, 4) is 0 Å². The van der Waals surface area contributed by atoms with Crippen molar-refractivity contribution < 1.29 is 4.74 Å². The zero-order valence-corrected chi connectivity index (χ0v) is 11.2. The average molecular weight is 288 g/mol. The molecule has 1 fully saturated rings. The van der Waals surface area contributed by atoms with Crippen molar-refractivity contribution in [3.05, 3.63) is 11.6 Å². The summed E-state index contributed by atoms with van der Waals surface area (Å²) in [5, 5.41) is 9.39. The average Bonchev–Trinajstić information content (AvgIpc) is 2.74.